The van der Waals surface area contributed by atoms with Gasteiger partial charge in [-0.05, 0) is 38.3 Å². The number of methoxy groups -OCH3 is 1. The molecule has 1 fully saturated rings. The molecular weight excluding hydrogens is 224 g/mol. The summed E-state index contributed by atoms with van der Waals surface area (Å²) in [5, 5.41) is 0. The van der Waals surface area contributed by atoms with Gasteiger partial charge < -0.3 is 10.5 Å². The van der Waals surface area contributed by atoms with Gasteiger partial charge in [0.05, 0.1) is 7.11 Å². The van der Waals surface area contributed by atoms with E-state index in [9.17, 15) is 0 Å². The average Bonchev–Trinajstić information content (AvgIpc) is 2.42. The fourth-order valence-electron chi connectivity index (χ4n) is 2.73. The number of para-hydroxylation sites is 1. The van der Waals surface area contributed by atoms with Crippen molar-refractivity contribution in [2.75, 3.05) is 20.2 Å². The molecule has 1 aliphatic rings. The summed E-state index contributed by atoms with van der Waals surface area (Å²) in [6.07, 6.45) is 2.51. The lowest BCUT2D eigenvalue weighted by Gasteiger charge is -2.37. The molecule has 1 aromatic carbocycles. The van der Waals surface area contributed by atoms with Crippen molar-refractivity contribution in [2.45, 2.75) is 32.4 Å². The Kier molecular flexibility index (Phi) is 4.61. The fraction of sp³-hybridized carbons (Fsp3) is 0.600. The topological polar surface area (TPSA) is 38.5 Å². The summed E-state index contributed by atoms with van der Waals surface area (Å²) in [7, 11) is 1.74. The molecule has 0 aromatic heterocycles. The zero-order valence-corrected chi connectivity index (χ0v) is 11.4. The summed E-state index contributed by atoms with van der Waals surface area (Å²) in [6, 6.07) is 8.91. The molecule has 0 aliphatic carbocycles. The number of nitrogens with zero attached hydrogens (tertiary/aromatic N) is 1. The van der Waals surface area contributed by atoms with Crippen LogP contribution in [0.4, 0.5) is 0 Å². The molecule has 1 aromatic rings. The Hall–Kier alpha value is -1.06. The van der Waals surface area contributed by atoms with Crippen LogP contribution in [-0.4, -0.2) is 31.1 Å². The molecule has 100 valence electrons. The highest BCUT2D eigenvalue weighted by Crippen LogP contribution is 2.26. The second-order valence-corrected chi connectivity index (χ2v) is 5.27. The zero-order chi connectivity index (χ0) is 13.0. The maximum atomic E-state index is 5.81. The van der Waals surface area contributed by atoms with Crippen LogP contribution in [0.25, 0.3) is 0 Å². The fourth-order valence-corrected chi connectivity index (χ4v) is 2.73. The third-order valence-electron chi connectivity index (χ3n) is 4.01. The average molecular weight is 248 g/mol. The Bertz CT molecular complexity index is 381. The van der Waals surface area contributed by atoms with Gasteiger partial charge in [0.25, 0.3) is 0 Å². The summed E-state index contributed by atoms with van der Waals surface area (Å²) in [5.41, 5.74) is 7.08. The van der Waals surface area contributed by atoms with Crippen LogP contribution in [0.1, 0.15) is 25.3 Å². The smallest absolute Gasteiger partial charge is 0.123 e. The van der Waals surface area contributed by atoms with Crippen LogP contribution in [-0.2, 0) is 6.54 Å². The van der Waals surface area contributed by atoms with Gasteiger partial charge in [-0.15, -0.1) is 0 Å². The first kappa shape index (κ1) is 13.4. The molecule has 2 atom stereocenters. The lowest BCUT2D eigenvalue weighted by molar-refractivity contribution is 0.112. The molecule has 0 bridgehead atoms. The van der Waals surface area contributed by atoms with Gasteiger partial charge in [0.1, 0.15) is 5.75 Å². The Labute approximate surface area is 110 Å². The van der Waals surface area contributed by atoms with Crippen molar-refractivity contribution in [3.8, 4) is 5.75 Å². The maximum absolute atomic E-state index is 5.81. The number of ether oxygens (including phenoxy) is 1. The predicted octanol–water partition coefficient (Wildman–Crippen LogP) is 2.25. The van der Waals surface area contributed by atoms with Crippen molar-refractivity contribution >= 4 is 0 Å². The minimum atomic E-state index is 0.637. The highest BCUT2D eigenvalue weighted by Gasteiger charge is 2.25. The van der Waals surface area contributed by atoms with Gasteiger partial charge in [0, 0.05) is 24.7 Å². The summed E-state index contributed by atoms with van der Waals surface area (Å²) in [4.78, 5) is 2.53. The quantitative estimate of drug-likeness (QED) is 0.888. The van der Waals surface area contributed by atoms with Crippen molar-refractivity contribution in [1.29, 1.82) is 0 Å². The van der Waals surface area contributed by atoms with Gasteiger partial charge in [-0.1, -0.05) is 18.2 Å². The molecule has 0 spiro atoms. The molecule has 0 amide bonds. The lowest BCUT2D eigenvalue weighted by atomic mass is 9.93. The molecule has 3 nitrogen and oxygen atoms in total. The first-order valence-corrected chi connectivity index (χ1v) is 6.80. The molecule has 0 saturated carbocycles. The number of likely N-dealkylation sites (tertiary alicyclic amines) is 1. The van der Waals surface area contributed by atoms with E-state index in [2.05, 4.69) is 24.0 Å². The minimum Gasteiger partial charge on any atom is -0.496 e. The second-order valence-electron chi connectivity index (χ2n) is 5.27. The number of hydrogen-bond acceptors (Lipinski definition) is 3. The van der Waals surface area contributed by atoms with E-state index < -0.39 is 0 Å². The third-order valence-corrected chi connectivity index (χ3v) is 4.01. The Morgan fingerprint density at radius 3 is 2.83 bits per heavy atom. The lowest BCUT2D eigenvalue weighted by Crippen LogP contribution is -2.43. The van der Waals surface area contributed by atoms with Crippen LogP contribution < -0.4 is 10.5 Å². The number of rotatable bonds is 4. The van der Waals surface area contributed by atoms with Gasteiger partial charge in [-0.25, -0.2) is 0 Å². The molecule has 2 unspecified atom stereocenters. The molecular formula is C15H24N2O. The van der Waals surface area contributed by atoms with E-state index in [1.165, 1.54) is 18.4 Å². The van der Waals surface area contributed by atoms with E-state index in [1.807, 2.05) is 12.1 Å². The van der Waals surface area contributed by atoms with Gasteiger partial charge >= 0.3 is 0 Å². The van der Waals surface area contributed by atoms with Crippen LogP contribution in [0.2, 0.25) is 0 Å². The molecule has 1 aliphatic heterocycles. The van der Waals surface area contributed by atoms with E-state index in [0.29, 0.717) is 12.0 Å². The van der Waals surface area contributed by atoms with E-state index in [1.54, 1.807) is 7.11 Å². The summed E-state index contributed by atoms with van der Waals surface area (Å²) >= 11 is 0. The Balaban J connectivity index is 2.07. The third kappa shape index (κ3) is 3.03. The van der Waals surface area contributed by atoms with Crippen LogP contribution in [0.3, 0.4) is 0 Å². The molecule has 1 saturated heterocycles. The zero-order valence-electron chi connectivity index (χ0n) is 11.4. The SMILES string of the molecule is COc1ccccc1CN1CC(CN)CCC1C. The van der Waals surface area contributed by atoms with E-state index in [4.69, 9.17) is 10.5 Å². The summed E-state index contributed by atoms with van der Waals surface area (Å²) in [5.74, 6) is 1.63. The highest BCUT2D eigenvalue weighted by molar-refractivity contribution is 5.33. The summed E-state index contributed by atoms with van der Waals surface area (Å²) < 4.78 is 5.42. The van der Waals surface area contributed by atoms with Crippen molar-refractivity contribution in [3.05, 3.63) is 29.8 Å². The largest absolute Gasteiger partial charge is 0.496 e. The van der Waals surface area contributed by atoms with Crippen molar-refractivity contribution in [3.63, 3.8) is 0 Å². The number of benzene rings is 1. The Morgan fingerprint density at radius 1 is 1.33 bits per heavy atom. The molecule has 2 N–H and O–H groups in total. The second kappa shape index (κ2) is 6.21. The normalized spacial score (nSPS) is 25.1. The van der Waals surface area contributed by atoms with Crippen molar-refractivity contribution in [1.82, 2.24) is 4.90 Å². The molecule has 18 heavy (non-hydrogen) atoms. The van der Waals surface area contributed by atoms with Gasteiger partial charge in [0.2, 0.25) is 0 Å². The van der Waals surface area contributed by atoms with Crippen LogP contribution in [0.5, 0.6) is 5.75 Å². The maximum Gasteiger partial charge on any atom is 0.123 e. The van der Waals surface area contributed by atoms with Crippen LogP contribution in [0.15, 0.2) is 24.3 Å². The minimum absolute atomic E-state index is 0.637. The first-order chi connectivity index (χ1) is 8.74. The number of hydrogen-bond donors (Lipinski definition) is 1. The van der Waals surface area contributed by atoms with Gasteiger partial charge in [-0.3, -0.25) is 4.90 Å². The van der Waals surface area contributed by atoms with Crippen LogP contribution >= 0.6 is 0 Å². The first-order valence-electron chi connectivity index (χ1n) is 6.80. The van der Waals surface area contributed by atoms with E-state index >= 15 is 0 Å². The van der Waals surface area contributed by atoms with Gasteiger partial charge in [-0.2, -0.15) is 0 Å². The standard InChI is InChI=1S/C15H24N2O/c1-12-7-8-13(9-16)10-17(12)11-14-5-3-4-6-15(14)18-2/h3-6,12-13H,7-11,16H2,1-2H3. The van der Waals surface area contributed by atoms with Gasteiger partial charge in [0.15, 0.2) is 0 Å². The van der Waals surface area contributed by atoms with Crippen molar-refractivity contribution in [2.24, 2.45) is 11.7 Å². The molecule has 3 heteroatoms. The molecule has 2 rings (SSSR count). The van der Waals surface area contributed by atoms with E-state index in [-0.39, 0.29) is 0 Å². The highest BCUT2D eigenvalue weighted by atomic mass is 16.5. The van der Waals surface area contributed by atoms with Crippen molar-refractivity contribution < 1.29 is 4.74 Å². The monoisotopic (exact) mass is 248 g/mol. The summed E-state index contributed by atoms with van der Waals surface area (Å²) in [6.45, 7) is 5.18. The van der Waals surface area contributed by atoms with E-state index in [0.717, 1.165) is 25.4 Å². The number of piperidine rings is 1. The number of nitrogens with two attached hydrogens (primary N) is 1. The molecule has 1 heterocycles. The molecule has 0 radical (unpaired) electrons. The Morgan fingerprint density at radius 2 is 2.11 bits per heavy atom. The predicted molar refractivity (Wildman–Crippen MR) is 74.6 cm³/mol. The van der Waals surface area contributed by atoms with Crippen LogP contribution in [0, 0.1) is 5.92 Å².